The molecule has 0 bridgehead atoms. The van der Waals surface area contributed by atoms with E-state index in [0.29, 0.717) is 55.8 Å². The summed E-state index contributed by atoms with van der Waals surface area (Å²) in [5.41, 5.74) is 2.55. The molecule has 0 aliphatic heterocycles. The Morgan fingerprint density at radius 2 is 1.48 bits per heavy atom. The second kappa shape index (κ2) is 25.4. The molecule has 56 heavy (non-hydrogen) atoms. The zero-order valence-electron chi connectivity index (χ0n) is 32.2. The van der Waals surface area contributed by atoms with Crippen LogP contribution in [0.3, 0.4) is 0 Å². The number of halogens is 1. The predicted molar refractivity (Wildman–Crippen MR) is 219 cm³/mol. The number of carbonyl (C=O) groups is 3. The van der Waals surface area contributed by atoms with Gasteiger partial charge in [0.2, 0.25) is 11.8 Å². The van der Waals surface area contributed by atoms with Gasteiger partial charge in [0.25, 0.3) is 0 Å². The number of benzene rings is 3. The molecule has 302 valence electrons. The maximum absolute atomic E-state index is 12.8. The van der Waals surface area contributed by atoms with Crippen LogP contribution in [0.25, 0.3) is 21.9 Å². The number of ether oxygens (including phenoxy) is 4. The highest BCUT2D eigenvalue weighted by molar-refractivity contribution is 6.30. The van der Waals surface area contributed by atoms with E-state index in [2.05, 4.69) is 27.9 Å². The number of fused-ring (bicyclic) bond motifs is 1. The molecule has 12 nitrogen and oxygen atoms in total. The monoisotopic (exact) mass is 790 g/mol. The molecule has 0 aliphatic carbocycles. The van der Waals surface area contributed by atoms with Crippen LogP contribution in [0.15, 0.2) is 79.0 Å². The molecule has 3 aromatic carbocycles. The summed E-state index contributed by atoms with van der Waals surface area (Å²) < 4.78 is 23.0. The molecule has 0 unspecified atom stereocenters. The molecule has 0 spiro atoms. The molecular formula is C43H55ClN4O8. The Hall–Kier alpha value is -4.75. The van der Waals surface area contributed by atoms with Crippen molar-refractivity contribution in [1.29, 1.82) is 0 Å². The third-order valence-electron chi connectivity index (χ3n) is 8.81. The quantitative estimate of drug-likeness (QED) is 0.0423. The summed E-state index contributed by atoms with van der Waals surface area (Å²) in [6.45, 7) is 6.75. The maximum Gasteiger partial charge on any atom is 0.305 e. The topological polar surface area (TPSA) is 157 Å². The number of hydrogen-bond donors (Lipinski definition) is 4. The normalized spacial score (nSPS) is 11.6. The molecule has 0 saturated carbocycles. The van der Waals surface area contributed by atoms with Crippen molar-refractivity contribution in [2.24, 2.45) is 0 Å². The van der Waals surface area contributed by atoms with Gasteiger partial charge < -0.3 is 40.0 Å². The molecule has 13 heteroatoms. The summed E-state index contributed by atoms with van der Waals surface area (Å²) in [5, 5.41) is 20.7. The minimum absolute atomic E-state index is 0.251. The van der Waals surface area contributed by atoms with Crippen LogP contribution in [0.1, 0.15) is 69.9 Å². The fourth-order valence-corrected chi connectivity index (χ4v) is 6.14. The Morgan fingerprint density at radius 3 is 2.21 bits per heavy atom. The highest BCUT2D eigenvalue weighted by Gasteiger charge is 2.19. The first-order valence-electron chi connectivity index (χ1n) is 19.5. The van der Waals surface area contributed by atoms with Crippen LogP contribution >= 0.6 is 11.6 Å². The number of carboxylic acids is 1. The van der Waals surface area contributed by atoms with Gasteiger partial charge in [0.05, 0.1) is 38.8 Å². The van der Waals surface area contributed by atoms with Gasteiger partial charge in [-0.2, -0.15) is 0 Å². The SMILES string of the molecule is CCCOCCCCCOCCOCCOc1ccc(-c2ccc([C@H](CC(=O)O)NC(=O)CNC(=O)CCCCNc3cc(Cl)ccn3)cc2)c2ccccc12. The van der Waals surface area contributed by atoms with Crippen LogP contribution in [0.4, 0.5) is 5.82 Å². The summed E-state index contributed by atoms with van der Waals surface area (Å²) >= 11 is 5.97. The molecule has 0 fully saturated rings. The van der Waals surface area contributed by atoms with Crippen LogP contribution in [-0.4, -0.2) is 87.2 Å². The minimum Gasteiger partial charge on any atom is -0.491 e. The van der Waals surface area contributed by atoms with E-state index in [-0.39, 0.29) is 25.3 Å². The third kappa shape index (κ3) is 16.2. The molecule has 4 rings (SSSR count). The number of nitrogens with one attached hydrogen (secondary N) is 3. The van der Waals surface area contributed by atoms with Crippen molar-refractivity contribution in [3.8, 4) is 16.9 Å². The largest absolute Gasteiger partial charge is 0.491 e. The lowest BCUT2D eigenvalue weighted by Gasteiger charge is -2.19. The summed E-state index contributed by atoms with van der Waals surface area (Å²) in [6.07, 6.45) is 7.12. The summed E-state index contributed by atoms with van der Waals surface area (Å²) in [4.78, 5) is 41.0. The van der Waals surface area contributed by atoms with E-state index < -0.39 is 17.9 Å². The molecule has 1 heterocycles. The van der Waals surface area contributed by atoms with Gasteiger partial charge in [0.15, 0.2) is 0 Å². The fraction of sp³-hybridized carbons (Fsp3) is 0.442. The van der Waals surface area contributed by atoms with Crippen LogP contribution in [0, 0.1) is 0 Å². The number of unbranched alkanes of at least 4 members (excludes halogenated alkanes) is 3. The minimum atomic E-state index is -1.06. The van der Waals surface area contributed by atoms with Gasteiger partial charge in [-0.05, 0) is 78.8 Å². The Labute approximate surface area is 334 Å². The van der Waals surface area contributed by atoms with Gasteiger partial charge >= 0.3 is 5.97 Å². The lowest BCUT2D eigenvalue weighted by atomic mass is 9.95. The summed E-state index contributed by atoms with van der Waals surface area (Å²) in [6, 6.07) is 22.0. The van der Waals surface area contributed by atoms with Crippen molar-refractivity contribution < 1.29 is 38.4 Å². The number of carbonyl (C=O) groups excluding carboxylic acids is 2. The molecule has 2 amide bonds. The Bertz CT molecular complexity index is 1790. The summed E-state index contributed by atoms with van der Waals surface area (Å²) in [7, 11) is 0. The first-order chi connectivity index (χ1) is 27.3. The maximum atomic E-state index is 12.8. The van der Waals surface area contributed by atoms with E-state index >= 15 is 0 Å². The van der Waals surface area contributed by atoms with E-state index in [1.54, 1.807) is 18.3 Å². The fourth-order valence-electron chi connectivity index (χ4n) is 5.98. The van der Waals surface area contributed by atoms with Crippen molar-refractivity contribution in [1.82, 2.24) is 15.6 Å². The van der Waals surface area contributed by atoms with Crippen molar-refractivity contribution in [2.45, 2.75) is 64.3 Å². The molecule has 1 aromatic heterocycles. The first-order valence-corrected chi connectivity index (χ1v) is 19.8. The standard InChI is InChI=1S/C43H55ClN4O8/c1-2-22-53-23-8-3-9-24-54-25-26-55-27-28-56-39-18-17-35(36-10-4-5-11-37(36)39)32-13-15-33(16-14-32)38(30-43(51)52)48-42(50)31-47-41(49)12-6-7-20-45-40-29-34(44)19-21-46-40/h4-5,10-11,13-19,21,29,38H,2-3,6-9,12,20,22-28,30-31H2,1H3,(H,45,46)(H,47,49)(H,48,50)(H,51,52)/t38-/m0/s1. The molecule has 4 N–H and O–H groups in total. The number of carboxylic acid groups (broad SMARTS) is 1. The Balaban J connectivity index is 1.21. The number of hydrogen-bond acceptors (Lipinski definition) is 9. The molecule has 1 atom stereocenters. The zero-order valence-corrected chi connectivity index (χ0v) is 33.0. The lowest BCUT2D eigenvalue weighted by Crippen LogP contribution is -2.39. The van der Waals surface area contributed by atoms with Gasteiger partial charge in [-0.15, -0.1) is 0 Å². The van der Waals surface area contributed by atoms with Gasteiger partial charge in [-0.25, -0.2) is 4.98 Å². The van der Waals surface area contributed by atoms with Gasteiger partial charge in [0, 0.05) is 49.4 Å². The first kappa shape index (κ1) is 44.0. The number of nitrogens with zero attached hydrogens (tertiary/aromatic N) is 1. The number of amides is 2. The van der Waals surface area contributed by atoms with E-state index in [1.165, 1.54) is 0 Å². The van der Waals surface area contributed by atoms with Gasteiger partial charge in [-0.3, -0.25) is 14.4 Å². The van der Waals surface area contributed by atoms with Gasteiger partial charge in [0.1, 0.15) is 18.2 Å². The van der Waals surface area contributed by atoms with Crippen molar-refractivity contribution in [3.05, 3.63) is 89.6 Å². The molecule has 4 aromatic rings. The Kier molecular flexibility index (Phi) is 20.0. The second-order valence-corrected chi connectivity index (χ2v) is 13.7. The van der Waals surface area contributed by atoms with E-state index in [0.717, 1.165) is 79.6 Å². The lowest BCUT2D eigenvalue weighted by molar-refractivity contribution is -0.138. The predicted octanol–water partition coefficient (Wildman–Crippen LogP) is 7.59. The summed E-state index contributed by atoms with van der Waals surface area (Å²) in [5.74, 6) is -0.371. The van der Waals surface area contributed by atoms with Crippen LogP contribution < -0.4 is 20.7 Å². The van der Waals surface area contributed by atoms with E-state index in [9.17, 15) is 19.5 Å². The molecule has 0 saturated heterocycles. The highest BCUT2D eigenvalue weighted by atomic mass is 35.5. The van der Waals surface area contributed by atoms with Crippen LogP contribution in [0.5, 0.6) is 5.75 Å². The van der Waals surface area contributed by atoms with Crippen molar-refractivity contribution in [3.63, 3.8) is 0 Å². The smallest absolute Gasteiger partial charge is 0.305 e. The van der Waals surface area contributed by atoms with Gasteiger partial charge in [-0.1, -0.05) is 73.1 Å². The van der Waals surface area contributed by atoms with E-state index in [1.807, 2.05) is 60.7 Å². The second-order valence-electron chi connectivity index (χ2n) is 13.3. The van der Waals surface area contributed by atoms with Crippen LogP contribution in [0.2, 0.25) is 5.02 Å². The van der Waals surface area contributed by atoms with Crippen molar-refractivity contribution in [2.75, 3.05) is 64.7 Å². The number of aromatic nitrogens is 1. The number of rotatable bonds is 28. The average molecular weight is 791 g/mol. The number of aliphatic carboxylic acids is 1. The third-order valence-corrected chi connectivity index (χ3v) is 9.05. The molecule has 0 aliphatic rings. The molecular weight excluding hydrogens is 736 g/mol. The highest BCUT2D eigenvalue weighted by Crippen LogP contribution is 2.35. The average Bonchev–Trinajstić information content (AvgIpc) is 3.19. The van der Waals surface area contributed by atoms with E-state index in [4.69, 9.17) is 30.5 Å². The Morgan fingerprint density at radius 1 is 0.768 bits per heavy atom. The van der Waals surface area contributed by atoms with Crippen LogP contribution in [-0.2, 0) is 28.6 Å². The van der Waals surface area contributed by atoms with Crippen molar-refractivity contribution >= 4 is 46.0 Å². The molecule has 0 radical (unpaired) electrons. The zero-order chi connectivity index (χ0) is 39.8. The number of anilines is 1. The number of pyridine rings is 1.